The lowest BCUT2D eigenvalue weighted by molar-refractivity contribution is -0.0956. The fourth-order valence-corrected chi connectivity index (χ4v) is 2.56. The third-order valence-electron chi connectivity index (χ3n) is 3.66. The molecule has 5 nitrogen and oxygen atoms in total. The first kappa shape index (κ1) is 17.0. The molecule has 8 heteroatoms. The lowest BCUT2D eigenvalue weighted by Gasteiger charge is -2.37. The van der Waals surface area contributed by atoms with Gasteiger partial charge in [0.25, 0.3) is 0 Å². The molecule has 0 aromatic rings. The predicted octanol–water partition coefficient (Wildman–Crippen LogP) is 1.04. The van der Waals surface area contributed by atoms with Crippen molar-refractivity contribution in [1.82, 2.24) is 10.2 Å². The molecule has 0 bridgehead atoms. The number of rotatable bonds is 3. The third kappa shape index (κ3) is 4.31. The molecule has 0 aromatic carbocycles. The van der Waals surface area contributed by atoms with Crippen molar-refractivity contribution in [2.24, 2.45) is 10.7 Å². The predicted molar refractivity (Wildman–Crippen MR) is 78.5 cm³/mol. The minimum Gasteiger partial charge on any atom is -0.376 e. The second-order valence-electron chi connectivity index (χ2n) is 5.33. The van der Waals surface area contributed by atoms with E-state index >= 15 is 0 Å². The van der Waals surface area contributed by atoms with E-state index in [1.165, 1.54) is 6.20 Å². The number of ether oxygens (including phenoxy) is 1. The van der Waals surface area contributed by atoms with Crippen LogP contribution in [-0.4, -0.2) is 62.2 Å². The van der Waals surface area contributed by atoms with E-state index in [2.05, 4.69) is 15.2 Å². The van der Waals surface area contributed by atoms with Crippen molar-refractivity contribution in [2.45, 2.75) is 25.2 Å². The zero-order chi connectivity index (χ0) is 16.2. The summed E-state index contributed by atoms with van der Waals surface area (Å²) in [5.74, 6) is 0. The zero-order valence-corrected chi connectivity index (χ0v) is 12.4. The maximum Gasteiger partial charge on any atom is 0.430 e. The standard InChI is InChI=1S/C14H21F3N4O/c1-10-9-21(4-5-22-10)12(6-18)11-7-19-3-2-13(20-8-11)14(15,16)17/h2,7-8,10,12,20H,3-6,9,18H2,1H3. The summed E-state index contributed by atoms with van der Waals surface area (Å²) < 4.78 is 43.9. The summed E-state index contributed by atoms with van der Waals surface area (Å²) in [6.45, 7) is 4.22. The highest BCUT2D eigenvalue weighted by Crippen LogP contribution is 2.24. The number of hydrogen-bond acceptors (Lipinski definition) is 5. The van der Waals surface area contributed by atoms with Gasteiger partial charge in [0.2, 0.25) is 0 Å². The Labute approximate surface area is 127 Å². The monoisotopic (exact) mass is 318 g/mol. The average Bonchev–Trinajstić information content (AvgIpc) is 2.40. The Morgan fingerprint density at radius 1 is 1.55 bits per heavy atom. The van der Waals surface area contributed by atoms with E-state index in [1.807, 2.05) is 6.92 Å². The van der Waals surface area contributed by atoms with Crippen LogP contribution in [0, 0.1) is 0 Å². The fraction of sp³-hybridized carbons (Fsp3) is 0.643. The fourth-order valence-electron chi connectivity index (χ4n) is 2.56. The van der Waals surface area contributed by atoms with E-state index in [4.69, 9.17) is 10.5 Å². The van der Waals surface area contributed by atoms with Gasteiger partial charge in [-0.3, -0.25) is 9.89 Å². The van der Waals surface area contributed by atoms with Gasteiger partial charge in [-0.1, -0.05) is 0 Å². The van der Waals surface area contributed by atoms with Crippen molar-refractivity contribution in [3.8, 4) is 0 Å². The second-order valence-corrected chi connectivity index (χ2v) is 5.33. The van der Waals surface area contributed by atoms with Crippen LogP contribution in [0.1, 0.15) is 6.92 Å². The molecule has 124 valence electrons. The number of nitrogens with one attached hydrogen (secondary N) is 1. The van der Waals surface area contributed by atoms with Crippen LogP contribution in [-0.2, 0) is 4.74 Å². The molecular formula is C14H21F3N4O. The number of nitrogens with two attached hydrogens (primary N) is 1. The number of allylic oxidation sites excluding steroid dienone is 1. The van der Waals surface area contributed by atoms with Crippen LogP contribution < -0.4 is 11.1 Å². The molecule has 2 aliphatic heterocycles. The van der Waals surface area contributed by atoms with Gasteiger partial charge in [0.05, 0.1) is 25.3 Å². The minimum atomic E-state index is -4.42. The summed E-state index contributed by atoms with van der Waals surface area (Å²) in [6.07, 6.45) is -0.376. The molecule has 3 N–H and O–H groups in total. The summed E-state index contributed by atoms with van der Waals surface area (Å²) in [7, 11) is 0. The van der Waals surface area contributed by atoms with Crippen LogP contribution in [0.15, 0.2) is 28.5 Å². The lowest BCUT2D eigenvalue weighted by atomic mass is 10.1. The molecule has 0 radical (unpaired) electrons. The van der Waals surface area contributed by atoms with Gasteiger partial charge in [-0.25, -0.2) is 0 Å². The smallest absolute Gasteiger partial charge is 0.376 e. The van der Waals surface area contributed by atoms with Gasteiger partial charge < -0.3 is 15.8 Å². The van der Waals surface area contributed by atoms with E-state index in [1.54, 1.807) is 6.21 Å². The summed E-state index contributed by atoms with van der Waals surface area (Å²) in [4.78, 5) is 6.15. The molecule has 0 aliphatic carbocycles. The van der Waals surface area contributed by atoms with Gasteiger partial charge in [0.1, 0.15) is 5.70 Å². The second kappa shape index (κ2) is 7.26. The Kier molecular flexibility index (Phi) is 5.60. The van der Waals surface area contributed by atoms with Crippen molar-refractivity contribution in [3.63, 3.8) is 0 Å². The minimum absolute atomic E-state index is 0.0179. The van der Waals surface area contributed by atoms with Crippen LogP contribution in [0.25, 0.3) is 0 Å². The first-order chi connectivity index (χ1) is 10.4. The molecule has 2 aliphatic rings. The largest absolute Gasteiger partial charge is 0.430 e. The van der Waals surface area contributed by atoms with Crippen molar-refractivity contribution >= 4 is 6.21 Å². The Morgan fingerprint density at radius 2 is 2.32 bits per heavy atom. The molecule has 1 saturated heterocycles. The van der Waals surface area contributed by atoms with E-state index in [9.17, 15) is 13.2 Å². The van der Waals surface area contributed by atoms with E-state index < -0.39 is 11.9 Å². The van der Waals surface area contributed by atoms with Gasteiger partial charge in [-0.2, -0.15) is 13.2 Å². The summed E-state index contributed by atoms with van der Waals surface area (Å²) in [6, 6.07) is -0.185. The van der Waals surface area contributed by atoms with E-state index in [0.717, 1.165) is 6.08 Å². The van der Waals surface area contributed by atoms with Crippen LogP contribution in [0.5, 0.6) is 0 Å². The van der Waals surface area contributed by atoms with E-state index in [-0.39, 0.29) is 18.7 Å². The van der Waals surface area contributed by atoms with Gasteiger partial charge in [0, 0.05) is 37.6 Å². The molecule has 0 aromatic heterocycles. The molecule has 2 heterocycles. The normalized spacial score (nSPS) is 25.6. The SMILES string of the molecule is CC1CN(C(CN)C2=CNC(C(F)(F)F)=CCN=C2)CCO1. The van der Waals surface area contributed by atoms with Crippen molar-refractivity contribution in [2.75, 3.05) is 32.8 Å². The quantitative estimate of drug-likeness (QED) is 0.816. The van der Waals surface area contributed by atoms with Gasteiger partial charge >= 0.3 is 6.18 Å². The van der Waals surface area contributed by atoms with Crippen LogP contribution >= 0.6 is 0 Å². The third-order valence-corrected chi connectivity index (χ3v) is 3.66. The first-order valence-corrected chi connectivity index (χ1v) is 7.21. The molecule has 2 unspecified atom stereocenters. The topological polar surface area (TPSA) is 62.9 Å². The maximum atomic E-state index is 12.8. The number of hydrogen-bond donors (Lipinski definition) is 2. The zero-order valence-electron chi connectivity index (χ0n) is 12.4. The molecule has 1 fully saturated rings. The van der Waals surface area contributed by atoms with Gasteiger partial charge in [0.15, 0.2) is 0 Å². The Bertz CT molecular complexity index is 473. The first-order valence-electron chi connectivity index (χ1n) is 7.21. The molecule has 0 spiro atoms. The Hall–Kier alpha value is -1.38. The molecule has 2 rings (SSSR count). The molecule has 2 atom stereocenters. The average molecular weight is 318 g/mol. The highest BCUT2D eigenvalue weighted by Gasteiger charge is 2.34. The van der Waals surface area contributed by atoms with Gasteiger partial charge in [-0.05, 0) is 13.0 Å². The molecule has 22 heavy (non-hydrogen) atoms. The van der Waals surface area contributed by atoms with Crippen molar-refractivity contribution < 1.29 is 17.9 Å². The highest BCUT2D eigenvalue weighted by atomic mass is 19.4. The van der Waals surface area contributed by atoms with Crippen molar-refractivity contribution in [1.29, 1.82) is 0 Å². The van der Waals surface area contributed by atoms with Crippen molar-refractivity contribution in [3.05, 3.63) is 23.5 Å². The number of morpholine rings is 1. The number of halogens is 3. The summed E-state index contributed by atoms with van der Waals surface area (Å²) in [5.41, 5.74) is 5.69. The van der Waals surface area contributed by atoms with Crippen LogP contribution in [0.4, 0.5) is 13.2 Å². The number of aliphatic imine (C=N–C) groups is 1. The highest BCUT2D eigenvalue weighted by molar-refractivity contribution is 5.80. The molecule has 0 saturated carbocycles. The molecule has 0 amide bonds. The summed E-state index contributed by atoms with van der Waals surface area (Å²) in [5, 5.41) is 2.35. The maximum absolute atomic E-state index is 12.8. The Balaban J connectivity index is 2.16. The Morgan fingerprint density at radius 3 is 2.95 bits per heavy atom. The number of nitrogens with zero attached hydrogens (tertiary/aromatic N) is 2. The van der Waals surface area contributed by atoms with Crippen LogP contribution in [0.3, 0.4) is 0 Å². The lowest BCUT2D eigenvalue weighted by Crippen LogP contribution is -2.50. The number of alkyl halides is 3. The summed E-state index contributed by atoms with van der Waals surface area (Å²) >= 11 is 0. The molecular weight excluding hydrogens is 297 g/mol. The van der Waals surface area contributed by atoms with Crippen LogP contribution in [0.2, 0.25) is 0 Å². The van der Waals surface area contributed by atoms with E-state index in [0.29, 0.717) is 31.8 Å². The van der Waals surface area contributed by atoms with Gasteiger partial charge in [-0.15, -0.1) is 0 Å².